The number of aliphatic hydroxyl groups excluding tert-OH is 1. The molecule has 1 aliphatic heterocycles. The van der Waals surface area contributed by atoms with E-state index in [1.165, 1.54) is 4.90 Å². The van der Waals surface area contributed by atoms with Gasteiger partial charge in [-0.05, 0) is 24.3 Å². The number of anilines is 2. The first-order valence-electron chi connectivity index (χ1n) is 9.37. The van der Waals surface area contributed by atoms with Crippen molar-refractivity contribution in [2.24, 2.45) is 5.73 Å². The summed E-state index contributed by atoms with van der Waals surface area (Å²) in [6.07, 6.45) is 1.25. The van der Waals surface area contributed by atoms with E-state index in [1.54, 1.807) is 30.3 Å². The van der Waals surface area contributed by atoms with Gasteiger partial charge in [0.15, 0.2) is 0 Å². The summed E-state index contributed by atoms with van der Waals surface area (Å²) in [5.74, 6) is -0.322. The first-order valence-corrected chi connectivity index (χ1v) is 10.1. The van der Waals surface area contributed by atoms with Gasteiger partial charge in [0.1, 0.15) is 11.6 Å². The molecule has 0 spiro atoms. The Morgan fingerprint density at radius 2 is 1.87 bits per heavy atom. The zero-order valence-corrected chi connectivity index (χ0v) is 18.0. The van der Waals surface area contributed by atoms with E-state index in [4.69, 9.17) is 45.2 Å². The SMILES string of the molecule is N=CN(C=N)c1cc(Cl)c(CNC2CN(c3cccc(C(=N)N)c3O)CC2O)c(Cl)c1. The average molecular weight is 464 g/mol. The number of hydrogen-bond donors (Lipinski definition) is 7. The fourth-order valence-corrected chi connectivity index (χ4v) is 4.12. The van der Waals surface area contributed by atoms with Gasteiger partial charge in [-0.3, -0.25) is 21.1 Å². The Bertz CT molecular complexity index is 986. The lowest BCUT2D eigenvalue weighted by Gasteiger charge is -2.21. The Morgan fingerprint density at radius 1 is 1.23 bits per heavy atom. The Morgan fingerprint density at radius 3 is 2.45 bits per heavy atom. The number of phenols is 1. The molecule has 0 aliphatic carbocycles. The molecule has 2 aromatic rings. The van der Waals surface area contributed by atoms with Gasteiger partial charge in [-0.25, -0.2) is 0 Å². The largest absolute Gasteiger partial charge is 0.505 e. The van der Waals surface area contributed by atoms with Gasteiger partial charge in [0, 0.05) is 35.2 Å². The number of halogens is 2. The number of nitrogens with one attached hydrogen (secondary N) is 4. The molecule has 31 heavy (non-hydrogen) atoms. The van der Waals surface area contributed by atoms with Crippen LogP contribution in [0.3, 0.4) is 0 Å². The van der Waals surface area contributed by atoms with Crippen molar-refractivity contribution in [3.05, 3.63) is 51.5 Å². The van der Waals surface area contributed by atoms with Crippen molar-refractivity contribution in [1.82, 2.24) is 5.32 Å². The van der Waals surface area contributed by atoms with Gasteiger partial charge < -0.3 is 26.2 Å². The number of hydrogen-bond acceptors (Lipinski definition) is 7. The minimum absolute atomic E-state index is 0.0912. The number of amidine groups is 1. The normalized spacial score (nSPS) is 18.1. The van der Waals surface area contributed by atoms with Crippen LogP contribution in [0.1, 0.15) is 11.1 Å². The molecule has 2 aromatic carbocycles. The molecule has 0 bridgehead atoms. The van der Waals surface area contributed by atoms with Crippen LogP contribution in [0.5, 0.6) is 5.75 Å². The van der Waals surface area contributed by atoms with Crippen LogP contribution in [0.25, 0.3) is 0 Å². The Kier molecular flexibility index (Phi) is 7.01. The third-order valence-corrected chi connectivity index (χ3v) is 5.85. The van der Waals surface area contributed by atoms with Gasteiger partial charge in [-0.1, -0.05) is 29.3 Å². The maximum absolute atomic E-state index is 10.5. The molecule has 0 saturated carbocycles. The van der Waals surface area contributed by atoms with E-state index >= 15 is 0 Å². The Hall–Kier alpha value is -2.85. The van der Waals surface area contributed by atoms with Crippen molar-refractivity contribution >= 4 is 53.1 Å². The lowest BCUT2D eigenvalue weighted by Crippen LogP contribution is -2.38. The molecule has 11 heteroatoms. The van der Waals surface area contributed by atoms with E-state index in [9.17, 15) is 10.2 Å². The molecule has 1 aliphatic rings. The van der Waals surface area contributed by atoms with Crippen LogP contribution in [0.2, 0.25) is 10.0 Å². The van der Waals surface area contributed by atoms with Crippen molar-refractivity contribution in [3.63, 3.8) is 0 Å². The number of nitrogens with two attached hydrogens (primary N) is 1. The third kappa shape index (κ3) is 4.75. The van der Waals surface area contributed by atoms with Crippen molar-refractivity contribution in [2.75, 3.05) is 22.9 Å². The minimum Gasteiger partial charge on any atom is -0.505 e. The highest BCUT2D eigenvalue weighted by Gasteiger charge is 2.33. The van der Waals surface area contributed by atoms with Crippen LogP contribution in [-0.4, -0.2) is 54.0 Å². The van der Waals surface area contributed by atoms with Crippen LogP contribution in [0.4, 0.5) is 11.4 Å². The minimum atomic E-state index is -0.705. The fourth-order valence-electron chi connectivity index (χ4n) is 3.51. The molecular formula is C20H23Cl2N7O2. The molecule has 2 atom stereocenters. The standard InChI is InChI=1S/C20H23Cl2N7O2/c21-14-4-11(29(9-23)10-24)5-15(22)13(14)6-27-16-7-28(8-18(16)30)17-3-1-2-12(19(17)31)20(25)26/h1-5,9-10,16,18,23-24,27,30-31H,6-8H2,(H3,25,26). The van der Waals surface area contributed by atoms with Crippen molar-refractivity contribution in [3.8, 4) is 5.75 Å². The molecule has 2 unspecified atom stereocenters. The number of aliphatic hydroxyl groups is 1. The molecule has 3 rings (SSSR count). The summed E-state index contributed by atoms with van der Waals surface area (Å²) in [7, 11) is 0. The Balaban J connectivity index is 1.73. The lowest BCUT2D eigenvalue weighted by atomic mass is 10.1. The molecular weight excluding hydrogens is 441 g/mol. The number of nitrogens with zero attached hydrogens (tertiary/aromatic N) is 2. The number of benzene rings is 2. The molecule has 0 aromatic heterocycles. The molecule has 0 amide bonds. The fraction of sp³-hybridized carbons (Fsp3) is 0.250. The van der Waals surface area contributed by atoms with Crippen LogP contribution in [0, 0.1) is 16.2 Å². The monoisotopic (exact) mass is 463 g/mol. The summed E-state index contributed by atoms with van der Waals surface area (Å²) in [4.78, 5) is 3.08. The van der Waals surface area contributed by atoms with E-state index in [2.05, 4.69) is 5.32 Å². The number of β-amino-alcohol motifs (C(OH)–C–C–N with tert-alkyl or cyclic N) is 1. The van der Waals surface area contributed by atoms with E-state index < -0.39 is 6.10 Å². The lowest BCUT2D eigenvalue weighted by molar-refractivity contribution is 0.163. The molecule has 1 saturated heterocycles. The smallest absolute Gasteiger partial charge is 0.149 e. The molecule has 8 N–H and O–H groups in total. The number of aromatic hydroxyl groups is 1. The zero-order valence-electron chi connectivity index (χ0n) is 16.4. The second kappa shape index (κ2) is 9.52. The number of nitrogen functional groups attached to an aromatic ring is 1. The second-order valence-corrected chi connectivity index (χ2v) is 7.91. The molecule has 164 valence electrons. The van der Waals surface area contributed by atoms with Crippen LogP contribution >= 0.6 is 23.2 Å². The first kappa shape index (κ1) is 22.8. The van der Waals surface area contributed by atoms with Crippen molar-refractivity contribution in [2.45, 2.75) is 18.7 Å². The van der Waals surface area contributed by atoms with Gasteiger partial charge in [0.05, 0.1) is 41.8 Å². The summed E-state index contributed by atoms with van der Waals surface area (Å²) in [5, 5.41) is 47.2. The number of rotatable bonds is 8. The van der Waals surface area contributed by atoms with Crippen LogP contribution in [-0.2, 0) is 6.54 Å². The Labute approximate surface area is 189 Å². The summed E-state index contributed by atoms with van der Waals surface area (Å²) < 4.78 is 0. The van der Waals surface area contributed by atoms with E-state index in [0.29, 0.717) is 46.6 Å². The van der Waals surface area contributed by atoms with Crippen molar-refractivity contribution in [1.29, 1.82) is 16.2 Å². The highest BCUT2D eigenvalue weighted by Crippen LogP contribution is 2.34. The third-order valence-electron chi connectivity index (χ3n) is 5.18. The maximum Gasteiger partial charge on any atom is 0.149 e. The summed E-state index contributed by atoms with van der Waals surface area (Å²) >= 11 is 12.7. The highest BCUT2D eigenvalue weighted by atomic mass is 35.5. The summed E-state index contributed by atoms with van der Waals surface area (Å²) in [6, 6.07) is 7.89. The molecule has 1 heterocycles. The predicted octanol–water partition coefficient (Wildman–Crippen LogP) is 2.34. The molecule has 9 nitrogen and oxygen atoms in total. The summed E-state index contributed by atoms with van der Waals surface area (Å²) in [5.41, 5.74) is 7.38. The van der Waals surface area contributed by atoms with Gasteiger partial charge in [0.25, 0.3) is 0 Å². The quantitative estimate of drug-likeness (QED) is 0.235. The van der Waals surface area contributed by atoms with E-state index in [-0.39, 0.29) is 23.2 Å². The van der Waals surface area contributed by atoms with Gasteiger partial charge in [-0.2, -0.15) is 0 Å². The topological polar surface area (TPSA) is 157 Å². The zero-order chi connectivity index (χ0) is 22.7. The van der Waals surface area contributed by atoms with E-state index in [1.807, 2.05) is 4.90 Å². The summed E-state index contributed by atoms with van der Waals surface area (Å²) in [6.45, 7) is 1.00. The van der Waals surface area contributed by atoms with Crippen molar-refractivity contribution < 1.29 is 10.2 Å². The highest BCUT2D eigenvalue weighted by molar-refractivity contribution is 6.36. The molecule has 0 radical (unpaired) electrons. The average Bonchev–Trinajstić information content (AvgIpc) is 3.08. The van der Waals surface area contributed by atoms with Gasteiger partial charge >= 0.3 is 0 Å². The van der Waals surface area contributed by atoms with Crippen LogP contribution in [0.15, 0.2) is 30.3 Å². The van der Waals surface area contributed by atoms with E-state index in [0.717, 1.165) is 12.7 Å². The predicted molar refractivity (Wildman–Crippen MR) is 124 cm³/mol. The number of para-hydroxylation sites is 1. The first-order chi connectivity index (χ1) is 14.8. The van der Waals surface area contributed by atoms with Gasteiger partial charge in [-0.15, -0.1) is 0 Å². The second-order valence-electron chi connectivity index (χ2n) is 7.10. The maximum atomic E-state index is 10.5. The van der Waals surface area contributed by atoms with Crippen LogP contribution < -0.4 is 20.9 Å². The molecule has 1 fully saturated rings. The van der Waals surface area contributed by atoms with Gasteiger partial charge in [0.2, 0.25) is 0 Å². The number of phenolic OH excluding ortho intramolecular Hbond substituents is 1.